The summed E-state index contributed by atoms with van der Waals surface area (Å²) < 4.78 is 0. The normalized spacial score (nSPS) is 17.0. The molecule has 1 aliphatic heterocycles. The van der Waals surface area contributed by atoms with Crippen LogP contribution in [0.25, 0.3) is 21.5 Å². The van der Waals surface area contributed by atoms with E-state index in [1.807, 2.05) is 0 Å². The first-order chi connectivity index (χ1) is 25.8. The van der Waals surface area contributed by atoms with Gasteiger partial charge in [-0.05, 0) is 109 Å². The highest BCUT2D eigenvalue weighted by Gasteiger charge is 2.46. The summed E-state index contributed by atoms with van der Waals surface area (Å²) in [5, 5.41) is 13.2. The Labute approximate surface area is 315 Å². The number of rotatable bonds is 2. The zero-order chi connectivity index (χ0) is 36.3. The molecule has 0 saturated carbocycles. The van der Waals surface area contributed by atoms with Crippen LogP contribution in [0.1, 0.15) is 11.1 Å². The van der Waals surface area contributed by atoms with E-state index in [9.17, 15) is 0 Å². The summed E-state index contributed by atoms with van der Waals surface area (Å²) >= 11 is 0. The molecule has 9 rings (SSSR count). The average Bonchev–Trinajstić information content (AvgIpc) is 3.20. The van der Waals surface area contributed by atoms with Crippen molar-refractivity contribution < 1.29 is 0 Å². The third kappa shape index (κ3) is 5.64. The Hall–Kier alpha value is -5.26. The summed E-state index contributed by atoms with van der Waals surface area (Å²) in [6.45, 7) is 7.03. The molecule has 0 amide bonds. The minimum Gasteiger partial charge on any atom is -0.341 e. The first-order valence-corrected chi connectivity index (χ1v) is 21.9. The van der Waals surface area contributed by atoms with E-state index in [1.54, 1.807) is 0 Å². The minimum absolute atomic E-state index is 0.967. The van der Waals surface area contributed by atoms with Crippen LogP contribution in [-0.2, 0) is 0 Å². The Morgan fingerprint density at radius 2 is 0.811 bits per heavy atom. The van der Waals surface area contributed by atoms with Crippen LogP contribution in [0.3, 0.4) is 0 Å². The number of aryl methyl sites for hydroxylation is 2. The van der Waals surface area contributed by atoms with Crippen LogP contribution in [0, 0.1) is 13.8 Å². The van der Waals surface area contributed by atoms with Crippen molar-refractivity contribution >= 4 is 91.3 Å². The third-order valence-electron chi connectivity index (χ3n) is 11.1. The highest BCUT2D eigenvalue weighted by atomic mass is 31.2. The van der Waals surface area contributed by atoms with Gasteiger partial charge in [0.05, 0.1) is 18.0 Å². The van der Waals surface area contributed by atoms with Gasteiger partial charge in [0, 0.05) is 36.1 Å². The van der Waals surface area contributed by atoms with Gasteiger partial charge in [-0.1, -0.05) is 120 Å². The van der Waals surface area contributed by atoms with Crippen molar-refractivity contribution in [3.05, 3.63) is 181 Å². The molecule has 0 aromatic heterocycles. The lowest BCUT2D eigenvalue weighted by Crippen LogP contribution is -2.38. The molecule has 0 unspecified atom stereocenters. The summed E-state index contributed by atoms with van der Waals surface area (Å²) in [7, 11) is 1.30. The lowest BCUT2D eigenvalue weighted by atomic mass is 10.1. The molecule has 0 bridgehead atoms. The molecule has 1 aliphatic rings. The predicted molar refractivity (Wildman–Crippen MR) is 237 cm³/mol. The number of fused-ring (bicyclic) bond motifs is 6. The molecule has 4 heteroatoms. The zero-order valence-electron chi connectivity index (χ0n) is 31.0. The van der Waals surface area contributed by atoms with Crippen LogP contribution in [0.2, 0.25) is 0 Å². The van der Waals surface area contributed by atoms with Crippen LogP contribution < -0.4 is 41.6 Å². The van der Waals surface area contributed by atoms with Gasteiger partial charge in [0.15, 0.2) is 0 Å². The molecule has 0 N–H and O–H groups in total. The summed E-state index contributed by atoms with van der Waals surface area (Å²) in [5.41, 5.74) is 7.54. The summed E-state index contributed by atoms with van der Waals surface area (Å²) in [4.78, 5) is 5.02. The SMILES string of the molecule is Cc1ccc2c(c1)P(c1ccccc1)c1cc(C)ccc1N(C)c1cc3ccccc3cc1[P+](C)(c1ccccc1)c1cc3ccccc3cc1N2C. The molecule has 0 radical (unpaired) electrons. The Balaban J connectivity index is 1.50. The molecule has 0 fully saturated rings. The van der Waals surface area contributed by atoms with E-state index >= 15 is 0 Å². The average molecular weight is 722 g/mol. The van der Waals surface area contributed by atoms with Gasteiger partial charge in [-0.15, -0.1) is 0 Å². The van der Waals surface area contributed by atoms with Gasteiger partial charge >= 0.3 is 0 Å². The van der Waals surface area contributed by atoms with Gasteiger partial charge in [-0.2, -0.15) is 0 Å². The van der Waals surface area contributed by atoms with Gasteiger partial charge in [-0.3, -0.25) is 0 Å². The van der Waals surface area contributed by atoms with E-state index in [2.05, 4.69) is 214 Å². The highest BCUT2D eigenvalue weighted by molar-refractivity contribution is 7.95. The number of hydrogen-bond acceptors (Lipinski definition) is 2. The van der Waals surface area contributed by atoms with Crippen molar-refractivity contribution in [2.45, 2.75) is 13.8 Å². The second-order valence-corrected chi connectivity index (χ2v) is 20.1. The zero-order valence-corrected chi connectivity index (χ0v) is 32.7. The molecule has 258 valence electrons. The van der Waals surface area contributed by atoms with E-state index in [0.717, 1.165) is 0 Å². The first-order valence-electron chi connectivity index (χ1n) is 18.3. The van der Waals surface area contributed by atoms with Crippen molar-refractivity contribution in [2.75, 3.05) is 30.6 Å². The Morgan fingerprint density at radius 3 is 1.26 bits per heavy atom. The van der Waals surface area contributed by atoms with Gasteiger partial charge in [0.25, 0.3) is 0 Å². The number of nitrogens with zero attached hydrogens (tertiary/aromatic N) is 2. The molecule has 0 spiro atoms. The van der Waals surface area contributed by atoms with E-state index < -0.39 is 15.2 Å². The van der Waals surface area contributed by atoms with E-state index in [4.69, 9.17) is 0 Å². The van der Waals surface area contributed by atoms with E-state index in [1.165, 1.54) is 87.2 Å². The van der Waals surface area contributed by atoms with Crippen molar-refractivity contribution in [2.24, 2.45) is 0 Å². The van der Waals surface area contributed by atoms with Gasteiger partial charge in [-0.25, -0.2) is 0 Å². The maximum atomic E-state index is 2.56. The van der Waals surface area contributed by atoms with Gasteiger partial charge in [0.2, 0.25) is 0 Å². The topological polar surface area (TPSA) is 6.48 Å². The van der Waals surface area contributed by atoms with Gasteiger partial charge < -0.3 is 9.80 Å². The monoisotopic (exact) mass is 721 g/mol. The van der Waals surface area contributed by atoms with Crippen LogP contribution in [0.5, 0.6) is 0 Å². The maximum Gasteiger partial charge on any atom is 0.128 e. The Morgan fingerprint density at radius 1 is 0.415 bits per heavy atom. The number of benzene rings is 8. The Bertz CT molecular complexity index is 2510. The first kappa shape index (κ1) is 33.6. The number of anilines is 4. The molecule has 1 heterocycles. The van der Waals surface area contributed by atoms with Gasteiger partial charge in [0.1, 0.15) is 23.2 Å². The molecule has 8 aromatic carbocycles. The maximum absolute atomic E-state index is 2.56. The molecule has 8 aromatic rings. The molecular weight excluding hydrogens is 679 g/mol. The fourth-order valence-corrected chi connectivity index (χ4v) is 14.8. The second-order valence-electron chi connectivity index (χ2n) is 14.5. The predicted octanol–water partition coefficient (Wildman–Crippen LogP) is 10.1. The van der Waals surface area contributed by atoms with Crippen LogP contribution in [0.15, 0.2) is 170 Å². The molecule has 53 heavy (non-hydrogen) atoms. The summed E-state index contributed by atoms with van der Waals surface area (Å²) in [5.74, 6) is 0. The molecular formula is C49H43N2P2+. The largest absolute Gasteiger partial charge is 0.341 e. The molecule has 2 nitrogen and oxygen atoms in total. The van der Waals surface area contributed by atoms with E-state index in [0.29, 0.717) is 0 Å². The van der Waals surface area contributed by atoms with Crippen molar-refractivity contribution in [1.29, 1.82) is 0 Å². The molecule has 0 atom stereocenters. The fraction of sp³-hybridized carbons (Fsp3) is 0.102. The Kier molecular flexibility index (Phi) is 8.42. The lowest BCUT2D eigenvalue weighted by molar-refractivity contribution is 1.22. The summed E-state index contributed by atoms with van der Waals surface area (Å²) in [6, 6.07) is 64.4. The fourth-order valence-electron chi connectivity index (χ4n) is 8.26. The highest BCUT2D eigenvalue weighted by Crippen LogP contribution is 2.58. The minimum atomic E-state index is -2.33. The second kappa shape index (κ2) is 13.3. The quantitative estimate of drug-likeness (QED) is 0.164. The van der Waals surface area contributed by atoms with Crippen molar-refractivity contribution in [3.63, 3.8) is 0 Å². The molecule has 0 aliphatic carbocycles. The number of hydrogen-bond donors (Lipinski definition) is 0. The standard InChI is InChI=1S/C49H43N2P2/c1-34-24-26-42-46(28-34)52(40-20-8-6-9-21-40)47-29-35(2)25-27-43(47)51(4)45-31-37-17-13-15-19-39(37)33-49(45)53(5,41-22-10-7-11-23-41)48-32-38-18-14-12-16-36(38)30-44(48)50(42)3/h6-33H,1-5H3/q+1. The molecule has 0 saturated heterocycles. The van der Waals surface area contributed by atoms with Crippen molar-refractivity contribution in [3.8, 4) is 0 Å². The van der Waals surface area contributed by atoms with Crippen LogP contribution in [0.4, 0.5) is 22.7 Å². The van der Waals surface area contributed by atoms with Crippen molar-refractivity contribution in [1.82, 2.24) is 0 Å². The summed E-state index contributed by atoms with van der Waals surface area (Å²) in [6.07, 6.45) is 0. The third-order valence-corrected chi connectivity index (χ3v) is 17.6. The smallest absolute Gasteiger partial charge is 0.128 e. The van der Waals surface area contributed by atoms with Crippen LogP contribution in [-0.4, -0.2) is 20.8 Å². The van der Waals surface area contributed by atoms with Crippen LogP contribution >= 0.6 is 15.2 Å². The lowest BCUT2D eigenvalue weighted by Gasteiger charge is -2.36. The van der Waals surface area contributed by atoms with E-state index in [-0.39, 0.29) is 0 Å².